The topological polar surface area (TPSA) is 69.7 Å². The zero-order valence-corrected chi connectivity index (χ0v) is 18.8. The van der Waals surface area contributed by atoms with Gasteiger partial charge in [-0.25, -0.2) is 4.79 Å². The van der Waals surface area contributed by atoms with Gasteiger partial charge in [-0.2, -0.15) is 0 Å². The largest absolute Gasteiger partial charge is 0.338 e. The van der Waals surface area contributed by atoms with Crippen molar-refractivity contribution >= 4 is 29.2 Å². The van der Waals surface area contributed by atoms with Gasteiger partial charge in [0, 0.05) is 13.1 Å². The van der Waals surface area contributed by atoms with Crippen LogP contribution in [0.4, 0.5) is 4.79 Å². The molecule has 7 heteroatoms. The van der Waals surface area contributed by atoms with Crippen molar-refractivity contribution in [3.05, 3.63) is 33.5 Å². The Labute approximate surface area is 182 Å². The third-order valence-electron chi connectivity index (χ3n) is 6.96. The second kappa shape index (κ2) is 8.17. The summed E-state index contributed by atoms with van der Waals surface area (Å²) in [6.45, 7) is 9.13. The molecule has 30 heavy (non-hydrogen) atoms. The van der Waals surface area contributed by atoms with E-state index in [0.29, 0.717) is 19.5 Å². The lowest BCUT2D eigenvalue weighted by atomic mass is 9.75. The number of likely N-dealkylation sites (tertiary alicyclic amines) is 1. The number of urea groups is 1. The number of carbonyl (C=O) groups excluding carboxylic acids is 3. The number of carbonyl (C=O) groups is 3. The Morgan fingerprint density at radius 3 is 2.63 bits per heavy atom. The second-order valence-corrected chi connectivity index (χ2v) is 9.83. The highest BCUT2D eigenvalue weighted by atomic mass is 32.1. The van der Waals surface area contributed by atoms with Crippen molar-refractivity contribution in [2.24, 2.45) is 5.92 Å². The van der Waals surface area contributed by atoms with Gasteiger partial charge >= 0.3 is 6.03 Å². The molecule has 0 spiro atoms. The smallest absolute Gasteiger partial charge is 0.325 e. The lowest BCUT2D eigenvalue weighted by Crippen LogP contribution is -2.56. The number of aryl methyl sites for hydroxylation is 1. The maximum absolute atomic E-state index is 13.2. The molecule has 4 amide bonds. The molecule has 1 aliphatic carbocycles. The van der Waals surface area contributed by atoms with Crippen LogP contribution in [0, 0.1) is 5.92 Å². The van der Waals surface area contributed by atoms with E-state index in [2.05, 4.69) is 17.3 Å². The highest BCUT2D eigenvalue weighted by Gasteiger charge is 2.54. The summed E-state index contributed by atoms with van der Waals surface area (Å²) in [6.07, 6.45) is 6.47. The number of fused-ring (bicyclic) bond motifs is 1. The summed E-state index contributed by atoms with van der Waals surface area (Å²) < 4.78 is 0. The lowest BCUT2D eigenvalue weighted by molar-refractivity contribution is -0.133. The van der Waals surface area contributed by atoms with Crippen molar-refractivity contribution < 1.29 is 14.4 Å². The van der Waals surface area contributed by atoms with Gasteiger partial charge in [0.15, 0.2) is 0 Å². The van der Waals surface area contributed by atoms with E-state index in [1.807, 2.05) is 18.7 Å². The molecule has 4 rings (SSSR count). The van der Waals surface area contributed by atoms with E-state index < -0.39 is 5.54 Å². The van der Waals surface area contributed by atoms with Crippen LogP contribution in [0.1, 0.15) is 66.8 Å². The Balaban J connectivity index is 1.45. The van der Waals surface area contributed by atoms with Gasteiger partial charge in [-0.3, -0.25) is 14.5 Å². The van der Waals surface area contributed by atoms with Gasteiger partial charge in [0.05, 0.1) is 11.4 Å². The predicted molar refractivity (Wildman–Crippen MR) is 118 cm³/mol. The number of imide groups is 1. The van der Waals surface area contributed by atoms with E-state index in [9.17, 15) is 14.4 Å². The van der Waals surface area contributed by atoms with Crippen molar-refractivity contribution in [2.75, 3.05) is 19.6 Å². The van der Waals surface area contributed by atoms with Gasteiger partial charge in [0.2, 0.25) is 0 Å². The van der Waals surface area contributed by atoms with Gasteiger partial charge in [0.1, 0.15) is 5.54 Å². The summed E-state index contributed by atoms with van der Waals surface area (Å²) >= 11 is 1.59. The van der Waals surface area contributed by atoms with Crippen LogP contribution in [0.5, 0.6) is 0 Å². The number of rotatable bonds is 5. The molecule has 1 N–H and O–H groups in total. The first-order valence-electron chi connectivity index (χ1n) is 11.0. The van der Waals surface area contributed by atoms with Gasteiger partial charge < -0.3 is 10.2 Å². The molecule has 162 valence electrons. The van der Waals surface area contributed by atoms with E-state index in [-0.39, 0.29) is 30.3 Å². The number of hydrogen-bond acceptors (Lipinski definition) is 4. The summed E-state index contributed by atoms with van der Waals surface area (Å²) in [5, 5.41) is 5.16. The summed E-state index contributed by atoms with van der Waals surface area (Å²) in [7, 11) is 0. The van der Waals surface area contributed by atoms with E-state index in [4.69, 9.17) is 0 Å². The Bertz CT molecular complexity index is 884. The van der Waals surface area contributed by atoms with Crippen molar-refractivity contribution in [1.82, 2.24) is 15.1 Å². The van der Waals surface area contributed by atoms with Crippen molar-refractivity contribution in [3.8, 4) is 0 Å². The number of nitrogens with zero attached hydrogens (tertiary/aromatic N) is 2. The SMILES string of the molecule is C=C(C)CN1C(=O)NC(CC)(C2CCN(C(=O)c3scc4c3CCCC4)CC2)C1=O. The lowest BCUT2D eigenvalue weighted by Gasteiger charge is -2.40. The normalized spacial score (nSPS) is 24.7. The van der Waals surface area contributed by atoms with Gasteiger partial charge in [-0.05, 0) is 74.3 Å². The molecule has 2 fully saturated rings. The summed E-state index contributed by atoms with van der Waals surface area (Å²) in [5.41, 5.74) is 2.54. The van der Waals surface area contributed by atoms with Crippen LogP contribution in [-0.4, -0.2) is 52.8 Å². The fourth-order valence-electron chi connectivity index (χ4n) is 5.28. The summed E-state index contributed by atoms with van der Waals surface area (Å²) in [4.78, 5) is 43.0. The van der Waals surface area contributed by atoms with Gasteiger partial charge in [-0.15, -0.1) is 11.3 Å². The summed E-state index contributed by atoms with van der Waals surface area (Å²) in [6, 6.07) is -0.325. The second-order valence-electron chi connectivity index (χ2n) is 8.95. The molecule has 2 saturated heterocycles. The Morgan fingerprint density at radius 2 is 1.97 bits per heavy atom. The fourth-order valence-corrected chi connectivity index (χ4v) is 6.41. The van der Waals surface area contributed by atoms with Crippen molar-refractivity contribution in [2.45, 2.75) is 64.3 Å². The maximum atomic E-state index is 13.2. The van der Waals surface area contributed by atoms with E-state index in [0.717, 1.165) is 42.6 Å². The molecule has 1 unspecified atom stereocenters. The molecule has 0 saturated carbocycles. The minimum Gasteiger partial charge on any atom is -0.338 e. The monoisotopic (exact) mass is 429 g/mol. The first-order chi connectivity index (χ1) is 14.4. The van der Waals surface area contributed by atoms with Crippen LogP contribution in [0.15, 0.2) is 17.5 Å². The predicted octanol–water partition coefficient (Wildman–Crippen LogP) is 3.76. The van der Waals surface area contributed by atoms with E-state index in [1.165, 1.54) is 22.4 Å². The molecule has 6 nitrogen and oxygen atoms in total. The van der Waals surface area contributed by atoms with Crippen LogP contribution in [0.2, 0.25) is 0 Å². The molecule has 2 aliphatic heterocycles. The third-order valence-corrected chi connectivity index (χ3v) is 8.02. The average molecular weight is 430 g/mol. The van der Waals surface area contributed by atoms with Crippen LogP contribution < -0.4 is 5.32 Å². The zero-order valence-electron chi connectivity index (χ0n) is 18.0. The van der Waals surface area contributed by atoms with Crippen LogP contribution in [0.3, 0.4) is 0 Å². The fraction of sp³-hybridized carbons (Fsp3) is 0.609. The highest BCUT2D eigenvalue weighted by Crippen LogP contribution is 2.37. The Kier molecular flexibility index (Phi) is 5.75. The standard InChI is InChI=1S/C23H31N3O3S/c1-4-23(21(28)26(13-15(2)3)22(29)24-23)17-9-11-25(12-10-17)20(27)19-18-8-6-5-7-16(18)14-30-19/h14,17H,2,4-13H2,1,3H3,(H,24,29). The number of piperidine rings is 1. The summed E-state index contributed by atoms with van der Waals surface area (Å²) in [5.74, 6) is 0.0308. The molecule has 3 aliphatic rings. The molecule has 3 heterocycles. The molecular formula is C23H31N3O3S. The highest BCUT2D eigenvalue weighted by molar-refractivity contribution is 7.12. The molecule has 1 aromatic heterocycles. The molecule has 1 aromatic rings. The minimum atomic E-state index is -0.857. The number of amides is 4. The third kappa shape index (κ3) is 3.47. The molecule has 0 aromatic carbocycles. The minimum absolute atomic E-state index is 0.0374. The molecular weight excluding hydrogens is 398 g/mol. The number of hydrogen-bond donors (Lipinski definition) is 1. The quantitative estimate of drug-likeness (QED) is 0.572. The Morgan fingerprint density at radius 1 is 1.27 bits per heavy atom. The Hall–Kier alpha value is -2.15. The molecule has 0 bridgehead atoms. The van der Waals surface area contributed by atoms with E-state index >= 15 is 0 Å². The number of thiophene rings is 1. The van der Waals surface area contributed by atoms with Crippen LogP contribution in [-0.2, 0) is 17.6 Å². The van der Waals surface area contributed by atoms with E-state index in [1.54, 1.807) is 11.3 Å². The van der Waals surface area contributed by atoms with Crippen LogP contribution >= 0.6 is 11.3 Å². The van der Waals surface area contributed by atoms with Crippen LogP contribution in [0.25, 0.3) is 0 Å². The van der Waals surface area contributed by atoms with Crippen molar-refractivity contribution in [3.63, 3.8) is 0 Å². The maximum Gasteiger partial charge on any atom is 0.325 e. The number of nitrogens with one attached hydrogen (secondary N) is 1. The first-order valence-corrected chi connectivity index (χ1v) is 11.9. The molecule has 1 atom stereocenters. The molecule has 0 radical (unpaired) electrons. The van der Waals surface area contributed by atoms with Gasteiger partial charge in [-0.1, -0.05) is 19.1 Å². The van der Waals surface area contributed by atoms with Crippen molar-refractivity contribution in [1.29, 1.82) is 0 Å². The zero-order chi connectivity index (χ0) is 21.5. The van der Waals surface area contributed by atoms with Gasteiger partial charge in [0.25, 0.3) is 11.8 Å². The first kappa shape index (κ1) is 21.1. The average Bonchev–Trinajstić information content (AvgIpc) is 3.28.